The molecule has 2 amide bonds. The van der Waals surface area contributed by atoms with Gasteiger partial charge in [0.05, 0.1) is 11.8 Å². The van der Waals surface area contributed by atoms with Crippen molar-refractivity contribution in [1.82, 2.24) is 5.32 Å². The number of hydrogen-bond acceptors (Lipinski definition) is 3. The lowest BCUT2D eigenvalue weighted by molar-refractivity contribution is -0.119. The van der Waals surface area contributed by atoms with Gasteiger partial charge >= 0.3 is 0 Å². The molecule has 4 nitrogen and oxygen atoms in total. The van der Waals surface area contributed by atoms with Gasteiger partial charge in [-0.15, -0.1) is 11.8 Å². The minimum Gasteiger partial charge on any atom is -0.348 e. The topological polar surface area (TPSA) is 58.2 Å². The first-order valence-corrected chi connectivity index (χ1v) is 9.45. The largest absolute Gasteiger partial charge is 0.348 e. The van der Waals surface area contributed by atoms with Crippen LogP contribution >= 0.6 is 11.8 Å². The molecule has 2 aromatic carbocycles. The molecule has 0 aromatic heterocycles. The summed E-state index contributed by atoms with van der Waals surface area (Å²) in [6.45, 7) is 1.48. The number of carbonyl (C=O) groups excluding carboxylic acids is 2. The molecule has 3 rings (SSSR count). The summed E-state index contributed by atoms with van der Waals surface area (Å²) in [4.78, 5) is 24.4. The van der Waals surface area contributed by atoms with E-state index in [1.54, 1.807) is 0 Å². The quantitative estimate of drug-likeness (QED) is 0.739. The monoisotopic (exact) mass is 354 g/mol. The van der Waals surface area contributed by atoms with Gasteiger partial charge in [-0.05, 0) is 48.6 Å². The van der Waals surface area contributed by atoms with Crippen molar-refractivity contribution in [1.29, 1.82) is 0 Å². The number of thioether (sulfide) groups is 1. The predicted molar refractivity (Wildman–Crippen MR) is 102 cm³/mol. The van der Waals surface area contributed by atoms with Crippen LogP contribution in [0.2, 0.25) is 0 Å². The molecule has 2 N–H and O–H groups in total. The van der Waals surface area contributed by atoms with E-state index < -0.39 is 0 Å². The Bertz CT molecular complexity index is 727. The third kappa shape index (κ3) is 5.36. The summed E-state index contributed by atoms with van der Waals surface area (Å²) >= 11 is 1.50. The van der Waals surface area contributed by atoms with Crippen LogP contribution in [0.25, 0.3) is 0 Å². The van der Waals surface area contributed by atoms with E-state index in [2.05, 4.69) is 22.8 Å². The molecule has 0 aliphatic heterocycles. The van der Waals surface area contributed by atoms with Crippen LogP contribution in [0.1, 0.15) is 31.4 Å². The highest BCUT2D eigenvalue weighted by Gasteiger charge is 2.33. The van der Waals surface area contributed by atoms with E-state index in [1.807, 2.05) is 42.5 Å². The number of anilines is 1. The molecule has 1 atom stereocenters. The normalized spacial score (nSPS) is 14.6. The Labute approximate surface area is 152 Å². The van der Waals surface area contributed by atoms with Gasteiger partial charge < -0.3 is 10.6 Å². The van der Waals surface area contributed by atoms with Crippen molar-refractivity contribution in [2.75, 3.05) is 11.1 Å². The zero-order chi connectivity index (χ0) is 17.6. The number of benzene rings is 2. The summed E-state index contributed by atoms with van der Waals surface area (Å²) in [5, 5.41) is 5.92. The third-order valence-electron chi connectivity index (χ3n) is 4.11. The Balaban J connectivity index is 1.52. The average Bonchev–Trinajstić information content (AvgIpc) is 3.44. The highest BCUT2D eigenvalue weighted by molar-refractivity contribution is 8.00. The lowest BCUT2D eigenvalue weighted by atomic mass is 10.0. The van der Waals surface area contributed by atoms with E-state index in [9.17, 15) is 9.59 Å². The Morgan fingerprint density at radius 1 is 1.08 bits per heavy atom. The maximum Gasteiger partial charge on any atom is 0.230 e. The third-order valence-corrected chi connectivity index (χ3v) is 5.13. The Kier molecular flexibility index (Phi) is 5.76. The molecule has 1 unspecified atom stereocenters. The number of nitrogens with one attached hydrogen (secondary N) is 2. The molecule has 1 saturated carbocycles. The SMILES string of the molecule is CC(=O)Nc1ccc(SCC(=O)NC(c2ccccc2)C2CC2)cc1. The highest BCUT2D eigenvalue weighted by atomic mass is 32.2. The van der Waals surface area contributed by atoms with E-state index in [-0.39, 0.29) is 17.9 Å². The molecule has 2 aromatic rings. The first kappa shape index (κ1) is 17.5. The fourth-order valence-corrected chi connectivity index (χ4v) is 3.47. The first-order valence-electron chi connectivity index (χ1n) is 8.46. The van der Waals surface area contributed by atoms with E-state index >= 15 is 0 Å². The second kappa shape index (κ2) is 8.21. The molecule has 0 spiro atoms. The summed E-state index contributed by atoms with van der Waals surface area (Å²) in [7, 11) is 0. The molecule has 1 fully saturated rings. The molecule has 0 heterocycles. The smallest absolute Gasteiger partial charge is 0.230 e. The lowest BCUT2D eigenvalue weighted by Crippen LogP contribution is -2.31. The van der Waals surface area contributed by atoms with Gasteiger partial charge in [0, 0.05) is 17.5 Å². The summed E-state index contributed by atoms with van der Waals surface area (Å²) in [6.07, 6.45) is 2.36. The van der Waals surface area contributed by atoms with Crippen LogP contribution in [0, 0.1) is 5.92 Å². The van der Waals surface area contributed by atoms with E-state index in [0.717, 1.165) is 10.6 Å². The number of carbonyl (C=O) groups is 2. The summed E-state index contributed by atoms with van der Waals surface area (Å²) in [6, 6.07) is 17.8. The molecular weight excluding hydrogens is 332 g/mol. The minimum atomic E-state index is -0.0909. The fraction of sp³-hybridized carbons (Fsp3) is 0.300. The van der Waals surface area contributed by atoms with Crippen LogP contribution in [0.4, 0.5) is 5.69 Å². The van der Waals surface area contributed by atoms with Crippen molar-refractivity contribution in [2.45, 2.75) is 30.7 Å². The van der Waals surface area contributed by atoms with Gasteiger partial charge in [-0.1, -0.05) is 30.3 Å². The van der Waals surface area contributed by atoms with Gasteiger partial charge in [0.1, 0.15) is 0 Å². The molecule has 5 heteroatoms. The summed E-state index contributed by atoms with van der Waals surface area (Å²) < 4.78 is 0. The number of rotatable bonds is 7. The lowest BCUT2D eigenvalue weighted by Gasteiger charge is -2.18. The zero-order valence-electron chi connectivity index (χ0n) is 14.2. The van der Waals surface area contributed by atoms with Crippen LogP contribution in [0.3, 0.4) is 0 Å². The number of hydrogen-bond donors (Lipinski definition) is 2. The maximum absolute atomic E-state index is 12.4. The molecule has 1 aliphatic rings. The highest BCUT2D eigenvalue weighted by Crippen LogP contribution is 2.41. The average molecular weight is 354 g/mol. The summed E-state index contributed by atoms with van der Waals surface area (Å²) in [5.74, 6) is 0.909. The van der Waals surface area contributed by atoms with Gasteiger partial charge in [0.15, 0.2) is 0 Å². The fourth-order valence-electron chi connectivity index (χ4n) is 2.77. The standard InChI is InChI=1S/C20H22N2O2S/c1-14(23)21-17-9-11-18(12-10-17)25-13-19(24)22-20(16-7-8-16)15-5-3-2-4-6-15/h2-6,9-12,16,20H,7-8,13H2,1H3,(H,21,23)(H,22,24). The molecule has 1 aliphatic carbocycles. The van der Waals surface area contributed by atoms with Crippen molar-refractivity contribution in [2.24, 2.45) is 5.92 Å². The molecule has 130 valence electrons. The van der Waals surface area contributed by atoms with Crippen LogP contribution in [-0.4, -0.2) is 17.6 Å². The molecule has 0 saturated heterocycles. The molecule has 25 heavy (non-hydrogen) atoms. The van der Waals surface area contributed by atoms with Crippen LogP contribution in [0.5, 0.6) is 0 Å². The first-order chi connectivity index (χ1) is 12.1. The molecular formula is C20H22N2O2S. The van der Waals surface area contributed by atoms with E-state index in [4.69, 9.17) is 0 Å². The van der Waals surface area contributed by atoms with Crippen LogP contribution < -0.4 is 10.6 Å². The molecule has 0 radical (unpaired) electrons. The van der Waals surface area contributed by atoms with Crippen molar-refractivity contribution >= 4 is 29.3 Å². The van der Waals surface area contributed by atoms with Gasteiger partial charge in [-0.3, -0.25) is 9.59 Å². The van der Waals surface area contributed by atoms with Crippen LogP contribution in [-0.2, 0) is 9.59 Å². The Morgan fingerprint density at radius 3 is 2.36 bits per heavy atom. The van der Waals surface area contributed by atoms with Gasteiger partial charge in [-0.2, -0.15) is 0 Å². The van der Waals surface area contributed by atoms with Crippen molar-refractivity contribution < 1.29 is 9.59 Å². The van der Waals surface area contributed by atoms with Crippen molar-refractivity contribution in [3.05, 3.63) is 60.2 Å². The predicted octanol–water partition coefficient (Wildman–Crippen LogP) is 4.00. The molecule has 0 bridgehead atoms. The van der Waals surface area contributed by atoms with Crippen molar-refractivity contribution in [3.8, 4) is 0 Å². The Hall–Kier alpha value is -2.27. The Morgan fingerprint density at radius 2 is 1.76 bits per heavy atom. The van der Waals surface area contributed by atoms with E-state index in [0.29, 0.717) is 11.7 Å². The zero-order valence-corrected chi connectivity index (χ0v) is 15.0. The summed E-state index contributed by atoms with van der Waals surface area (Å²) in [5.41, 5.74) is 1.95. The second-order valence-electron chi connectivity index (χ2n) is 6.29. The minimum absolute atomic E-state index is 0.0525. The van der Waals surface area contributed by atoms with Gasteiger partial charge in [0.25, 0.3) is 0 Å². The van der Waals surface area contributed by atoms with Gasteiger partial charge in [-0.25, -0.2) is 0 Å². The van der Waals surface area contributed by atoms with Gasteiger partial charge in [0.2, 0.25) is 11.8 Å². The maximum atomic E-state index is 12.4. The number of amides is 2. The van der Waals surface area contributed by atoms with Crippen LogP contribution in [0.15, 0.2) is 59.5 Å². The van der Waals surface area contributed by atoms with E-state index in [1.165, 1.54) is 37.1 Å². The van der Waals surface area contributed by atoms with Crippen molar-refractivity contribution in [3.63, 3.8) is 0 Å². The second-order valence-corrected chi connectivity index (χ2v) is 7.34.